The summed E-state index contributed by atoms with van der Waals surface area (Å²) in [4.78, 5) is 12.2. The number of carbonyl (C=O) groups is 1. The van der Waals surface area contributed by atoms with E-state index in [9.17, 15) is 9.18 Å². The average Bonchev–Trinajstić information content (AvgIpc) is 2.96. The predicted molar refractivity (Wildman–Crippen MR) is 68.4 cm³/mol. The van der Waals surface area contributed by atoms with E-state index in [1.807, 2.05) is 0 Å². The van der Waals surface area contributed by atoms with Gasteiger partial charge in [-0.1, -0.05) is 6.42 Å². The zero-order valence-electron chi connectivity index (χ0n) is 10.2. The first kappa shape index (κ1) is 11.5. The maximum atomic E-state index is 13.1. The van der Waals surface area contributed by atoms with E-state index in [1.165, 1.54) is 31.0 Å². The molecule has 0 aliphatic heterocycles. The van der Waals surface area contributed by atoms with Crippen LogP contribution in [0.2, 0.25) is 0 Å². The van der Waals surface area contributed by atoms with Crippen LogP contribution in [0, 0.1) is 23.6 Å². The van der Waals surface area contributed by atoms with Crippen LogP contribution in [0.15, 0.2) is 18.2 Å². The molecule has 18 heavy (non-hydrogen) atoms. The van der Waals surface area contributed by atoms with Crippen molar-refractivity contribution in [3.63, 3.8) is 0 Å². The quantitative estimate of drug-likeness (QED) is 0.791. The van der Waals surface area contributed by atoms with Crippen molar-refractivity contribution in [2.45, 2.75) is 25.7 Å². The summed E-state index contributed by atoms with van der Waals surface area (Å²) in [6, 6.07) is 4.05. The van der Waals surface area contributed by atoms with Crippen LogP contribution in [0.4, 0.5) is 15.8 Å². The minimum atomic E-state index is -0.382. The molecule has 0 saturated heterocycles. The first-order chi connectivity index (χ1) is 8.63. The maximum Gasteiger partial charge on any atom is 0.227 e. The number of carbonyl (C=O) groups excluding carboxylic acids is 1. The molecular weight excluding hydrogens is 231 g/mol. The summed E-state index contributed by atoms with van der Waals surface area (Å²) in [7, 11) is 0. The first-order valence-corrected chi connectivity index (χ1v) is 6.49. The minimum Gasteiger partial charge on any atom is -0.397 e. The third-order valence-corrected chi connectivity index (χ3v) is 4.35. The van der Waals surface area contributed by atoms with Gasteiger partial charge in [-0.3, -0.25) is 4.79 Å². The topological polar surface area (TPSA) is 55.1 Å². The summed E-state index contributed by atoms with van der Waals surface area (Å²) in [6.45, 7) is 0. The average molecular weight is 248 g/mol. The van der Waals surface area contributed by atoms with E-state index in [-0.39, 0.29) is 17.6 Å². The highest BCUT2D eigenvalue weighted by atomic mass is 19.1. The molecule has 1 amide bonds. The molecule has 2 bridgehead atoms. The molecule has 2 aliphatic carbocycles. The molecule has 96 valence electrons. The number of benzene rings is 1. The van der Waals surface area contributed by atoms with Gasteiger partial charge in [0.2, 0.25) is 5.91 Å². The summed E-state index contributed by atoms with van der Waals surface area (Å²) in [5, 5.41) is 2.77. The Hall–Kier alpha value is -1.58. The van der Waals surface area contributed by atoms with Crippen molar-refractivity contribution in [1.82, 2.24) is 0 Å². The van der Waals surface area contributed by atoms with Crippen molar-refractivity contribution in [3.05, 3.63) is 24.0 Å². The maximum absolute atomic E-state index is 13.1. The van der Waals surface area contributed by atoms with E-state index >= 15 is 0 Å². The van der Waals surface area contributed by atoms with E-state index in [2.05, 4.69) is 5.32 Å². The minimum absolute atomic E-state index is 0.000463. The normalized spacial score (nSPS) is 29.5. The Balaban J connectivity index is 1.72. The van der Waals surface area contributed by atoms with Gasteiger partial charge in [0, 0.05) is 5.92 Å². The Kier molecular flexibility index (Phi) is 2.73. The predicted octanol–water partition coefficient (Wildman–Crippen LogP) is 2.78. The lowest BCUT2D eigenvalue weighted by Crippen LogP contribution is -2.27. The zero-order valence-corrected chi connectivity index (χ0v) is 10.2. The standard InChI is InChI=1S/C14H17FN2O/c15-10-3-4-12(16)13(7-10)17-14(18)11-6-8-1-2-9(11)5-8/h3-4,7-9,11H,1-2,5-6,16H2,(H,17,18). The number of nitrogens with one attached hydrogen (secondary N) is 1. The lowest BCUT2D eigenvalue weighted by atomic mass is 9.88. The Labute approximate surface area is 106 Å². The van der Waals surface area contributed by atoms with Crippen LogP contribution in [-0.2, 0) is 4.79 Å². The smallest absolute Gasteiger partial charge is 0.227 e. The van der Waals surface area contributed by atoms with Gasteiger partial charge in [0.1, 0.15) is 5.82 Å². The zero-order chi connectivity index (χ0) is 12.7. The van der Waals surface area contributed by atoms with Crippen molar-refractivity contribution in [2.75, 3.05) is 11.1 Å². The lowest BCUT2D eigenvalue weighted by molar-refractivity contribution is -0.121. The first-order valence-electron chi connectivity index (χ1n) is 6.49. The summed E-state index contributed by atoms with van der Waals surface area (Å²) in [6.07, 6.45) is 4.57. The third kappa shape index (κ3) is 1.96. The lowest BCUT2D eigenvalue weighted by Gasteiger charge is -2.21. The van der Waals surface area contributed by atoms with Gasteiger partial charge in [0.15, 0.2) is 0 Å². The molecule has 1 aromatic rings. The summed E-state index contributed by atoms with van der Waals surface area (Å²) in [5.74, 6) is 0.943. The number of anilines is 2. The molecule has 0 spiro atoms. The van der Waals surface area contributed by atoms with Gasteiger partial charge in [0.05, 0.1) is 11.4 Å². The second-order valence-corrected chi connectivity index (χ2v) is 5.50. The molecule has 3 atom stereocenters. The molecule has 1 aromatic carbocycles. The molecule has 3 nitrogen and oxygen atoms in total. The van der Waals surface area contributed by atoms with Crippen LogP contribution in [0.5, 0.6) is 0 Å². The van der Waals surface area contributed by atoms with Crippen molar-refractivity contribution < 1.29 is 9.18 Å². The monoisotopic (exact) mass is 248 g/mol. The number of fused-ring (bicyclic) bond motifs is 2. The van der Waals surface area contributed by atoms with Crippen LogP contribution < -0.4 is 11.1 Å². The number of amides is 1. The van der Waals surface area contributed by atoms with Gasteiger partial charge >= 0.3 is 0 Å². The largest absolute Gasteiger partial charge is 0.397 e. The van der Waals surface area contributed by atoms with Gasteiger partial charge in [0.25, 0.3) is 0 Å². The third-order valence-electron chi connectivity index (χ3n) is 4.35. The van der Waals surface area contributed by atoms with Crippen molar-refractivity contribution in [1.29, 1.82) is 0 Å². The Bertz CT molecular complexity index is 489. The van der Waals surface area contributed by atoms with Gasteiger partial charge in [-0.25, -0.2) is 4.39 Å². The molecule has 0 heterocycles. The van der Waals surface area contributed by atoms with Gasteiger partial charge in [-0.15, -0.1) is 0 Å². The summed E-state index contributed by atoms with van der Waals surface area (Å²) < 4.78 is 13.1. The summed E-state index contributed by atoms with van der Waals surface area (Å²) in [5.41, 5.74) is 6.53. The second-order valence-electron chi connectivity index (χ2n) is 5.50. The number of rotatable bonds is 2. The number of hydrogen-bond donors (Lipinski definition) is 2. The Morgan fingerprint density at radius 2 is 2.17 bits per heavy atom. The molecular formula is C14H17FN2O. The van der Waals surface area contributed by atoms with Crippen LogP contribution in [0.1, 0.15) is 25.7 Å². The highest BCUT2D eigenvalue weighted by Gasteiger charge is 2.43. The van der Waals surface area contributed by atoms with Crippen molar-refractivity contribution >= 4 is 17.3 Å². The molecule has 2 aliphatic rings. The molecule has 4 heteroatoms. The molecule has 3 unspecified atom stereocenters. The Morgan fingerprint density at radius 1 is 1.33 bits per heavy atom. The van der Waals surface area contributed by atoms with Gasteiger partial charge < -0.3 is 11.1 Å². The Morgan fingerprint density at radius 3 is 2.83 bits per heavy atom. The fourth-order valence-corrected chi connectivity index (χ4v) is 3.43. The van der Waals surface area contributed by atoms with Crippen LogP contribution >= 0.6 is 0 Å². The number of nitrogen functional groups attached to an aromatic ring is 1. The van der Waals surface area contributed by atoms with E-state index < -0.39 is 0 Å². The molecule has 3 rings (SSSR count). The second kappa shape index (κ2) is 4.26. The highest BCUT2D eigenvalue weighted by molar-refractivity contribution is 5.95. The summed E-state index contributed by atoms with van der Waals surface area (Å²) >= 11 is 0. The highest BCUT2D eigenvalue weighted by Crippen LogP contribution is 2.48. The number of halogens is 1. The van der Waals surface area contributed by atoms with E-state index in [4.69, 9.17) is 5.73 Å². The molecule has 0 radical (unpaired) electrons. The van der Waals surface area contributed by atoms with Gasteiger partial charge in [-0.05, 0) is 49.3 Å². The number of nitrogens with two attached hydrogens (primary N) is 1. The van der Waals surface area contributed by atoms with Crippen molar-refractivity contribution in [2.24, 2.45) is 17.8 Å². The van der Waals surface area contributed by atoms with E-state index in [0.717, 1.165) is 18.8 Å². The van der Waals surface area contributed by atoms with Crippen molar-refractivity contribution in [3.8, 4) is 0 Å². The van der Waals surface area contributed by atoms with Crippen LogP contribution in [0.3, 0.4) is 0 Å². The molecule has 0 aromatic heterocycles. The molecule has 3 N–H and O–H groups in total. The number of hydrogen-bond acceptors (Lipinski definition) is 2. The van der Waals surface area contributed by atoms with Crippen LogP contribution in [-0.4, -0.2) is 5.91 Å². The van der Waals surface area contributed by atoms with E-state index in [0.29, 0.717) is 17.3 Å². The van der Waals surface area contributed by atoms with Crippen LogP contribution in [0.25, 0.3) is 0 Å². The van der Waals surface area contributed by atoms with Gasteiger partial charge in [-0.2, -0.15) is 0 Å². The van der Waals surface area contributed by atoms with E-state index in [1.54, 1.807) is 0 Å². The fraction of sp³-hybridized carbons (Fsp3) is 0.500. The molecule has 2 saturated carbocycles. The molecule has 2 fully saturated rings. The SMILES string of the molecule is Nc1ccc(F)cc1NC(=O)C1CC2CCC1C2. The fourth-order valence-electron chi connectivity index (χ4n) is 3.43.